The van der Waals surface area contributed by atoms with Crippen LogP contribution in [0.4, 0.5) is 5.69 Å². The highest BCUT2D eigenvalue weighted by Crippen LogP contribution is 2.25. The average molecular weight is 234 g/mol. The third-order valence-electron chi connectivity index (χ3n) is 2.32. The molecule has 0 bridgehead atoms. The molecule has 2 aromatic rings. The van der Waals surface area contributed by atoms with Crippen LogP contribution in [0, 0.1) is 13.8 Å². The van der Waals surface area contributed by atoms with Crippen molar-refractivity contribution in [3.63, 3.8) is 0 Å². The van der Waals surface area contributed by atoms with Crippen molar-refractivity contribution in [2.24, 2.45) is 0 Å². The Morgan fingerprint density at radius 3 is 2.41 bits per heavy atom. The molecule has 0 fully saturated rings. The summed E-state index contributed by atoms with van der Waals surface area (Å²) in [7, 11) is 1.86. The molecule has 2 aromatic heterocycles. The molecule has 0 aliphatic carbocycles. The molecule has 0 aliphatic rings. The van der Waals surface area contributed by atoms with E-state index in [0.29, 0.717) is 5.69 Å². The van der Waals surface area contributed by atoms with E-state index in [4.69, 9.17) is 4.42 Å². The number of hydrogen-bond donors (Lipinski definition) is 1. The molecule has 2 rings (SSSR count). The van der Waals surface area contributed by atoms with Gasteiger partial charge in [0.2, 0.25) is 0 Å². The van der Waals surface area contributed by atoms with Gasteiger partial charge in [-0.15, -0.1) is 5.10 Å². The Morgan fingerprint density at radius 2 is 1.88 bits per heavy atom. The zero-order valence-corrected chi connectivity index (χ0v) is 10.9. The van der Waals surface area contributed by atoms with Crippen LogP contribution in [-0.4, -0.2) is 22.2 Å². The van der Waals surface area contributed by atoms with E-state index in [0.717, 1.165) is 22.6 Å². The average Bonchev–Trinajstić information content (AvgIpc) is 2.86. The molecule has 0 atom stereocenters. The minimum atomic E-state index is 0.705. The van der Waals surface area contributed by atoms with Crippen LogP contribution in [0.15, 0.2) is 17.1 Å². The van der Waals surface area contributed by atoms with Gasteiger partial charge >= 0.3 is 0 Å². The van der Waals surface area contributed by atoms with Gasteiger partial charge in [0.25, 0.3) is 0 Å². The Labute approximate surface area is 101 Å². The first-order valence-electron chi connectivity index (χ1n) is 5.64. The van der Waals surface area contributed by atoms with Crippen LogP contribution in [0.2, 0.25) is 0 Å². The van der Waals surface area contributed by atoms with Gasteiger partial charge in [-0.3, -0.25) is 0 Å². The van der Waals surface area contributed by atoms with Gasteiger partial charge in [0, 0.05) is 12.6 Å². The van der Waals surface area contributed by atoms with Crippen LogP contribution in [0.1, 0.15) is 25.1 Å². The zero-order valence-electron chi connectivity index (χ0n) is 10.9. The molecular weight excluding hydrogens is 216 g/mol. The molecule has 0 unspecified atom stereocenters. The summed E-state index contributed by atoms with van der Waals surface area (Å²) >= 11 is 0. The molecule has 92 valence electrons. The van der Waals surface area contributed by atoms with Crippen molar-refractivity contribution in [2.45, 2.75) is 27.7 Å². The van der Waals surface area contributed by atoms with E-state index in [1.54, 1.807) is 6.26 Å². The lowest BCUT2D eigenvalue weighted by Gasteiger charge is -2.09. The molecule has 5 heteroatoms. The Hall–Kier alpha value is -1.91. The van der Waals surface area contributed by atoms with Crippen LogP contribution in [0.5, 0.6) is 0 Å². The SMILES string of the molecule is CC.CNc1c(C)nnc(-c2cocn2)c1C. The highest BCUT2D eigenvalue weighted by molar-refractivity contribution is 5.67. The first kappa shape index (κ1) is 13.2. The summed E-state index contributed by atoms with van der Waals surface area (Å²) in [6, 6.07) is 0. The predicted octanol–water partition coefficient (Wildman–Crippen LogP) is 2.82. The van der Waals surface area contributed by atoms with E-state index >= 15 is 0 Å². The number of aryl methyl sites for hydroxylation is 1. The standard InChI is InChI=1S/C10H12N4O.C2H6/c1-6-9(11-3)7(2)13-14-10(6)8-4-15-5-12-8;1-2/h4-5H,1-3H3,(H,11,14);1-2H3. The van der Waals surface area contributed by atoms with E-state index in [2.05, 4.69) is 20.5 Å². The zero-order chi connectivity index (χ0) is 12.8. The molecule has 0 saturated carbocycles. The second-order valence-electron chi connectivity index (χ2n) is 3.26. The summed E-state index contributed by atoms with van der Waals surface area (Å²) < 4.78 is 4.93. The van der Waals surface area contributed by atoms with E-state index in [1.165, 1.54) is 6.39 Å². The van der Waals surface area contributed by atoms with Crippen molar-refractivity contribution in [3.05, 3.63) is 23.9 Å². The number of nitrogens with one attached hydrogen (secondary N) is 1. The van der Waals surface area contributed by atoms with Gasteiger partial charge in [0.05, 0.1) is 11.4 Å². The van der Waals surface area contributed by atoms with Gasteiger partial charge in [-0.1, -0.05) is 13.8 Å². The quantitative estimate of drug-likeness (QED) is 0.865. The number of oxazole rings is 1. The van der Waals surface area contributed by atoms with E-state index in [9.17, 15) is 0 Å². The summed E-state index contributed by atoms with van der Waals surface area (Å²) in [5.74, 6) is 0. The van der Waals surface area contributed by atoms with E-state index in [1.807, 2.05) is 34.7 Å². The highest BCUT2D eigenvalue weighted by Gasteiger charge is 2.12. The van der Waals surface area contributed by atoms with Gasteiger partial charge in [-0.25, -0.2) is 4.98 Å². The van der Waals surface area contributed by atoms with Crippen LogP contribution in [-0.2, 0) is 0 Å². The Bertz CT molecular complexity index is 466. The van der Waals surface area contributed by atoms with Crippen LogP contribution < -0.4 is 5.32 Å². The molecule has 0 spiro atoms. The smallest absolute Gasteiger partial charge is 0.181 e. The number of hydrogen-bond acceptors (Lipinski definition) is 5. The molecule has 1 N–H and O–H groups in total. The van der Waals surface area contributed by atoms with Crippen LogP contribution >= 0.6 is 0 Å². The lowest BCUT2D eigenvalue weighted by atomic mass is 10.1. The third kappa shape index (κ3) is 2.61. The van der Waals surface area contributed by atoms with Gasteiger partial charge in [0.1, 0.15) is 17.7 Å². The minimum absolute atomic E-state index is 0.705. The van der Waals surface area contributed by atoms with Crippen LogP contribution in [0.3, 0.4) is 0 Å². The predicted molar refractivity (Wildman–Crippen MR) is 67.9 cm³/mol. The fraction of sp³-hybridized carbons (Fsp3) is 0.417. The van der Waals surface area contributed by atoms with E-state index in [-0.39, 0.29) is 0 Å². The first-order chi connectivity index (χ1) is 8.24. The summed E-state index contributed by atoms with van der Waals surface area (Å²) in [5, 5.41) is 11.3. The van der Waals surface area contributed by atoms with Crippen molar-refractivity contribution in [1.29, 1.82) is 0 Å². The summed E-state index contributed by atoms with van der Waals surface area (Å²) in [6.07, 6.45) is 2.95. The molecule has 5 nitrogen and oxygen atoms in total. The Morgan fingerprint density at radius 1 is 1.18 bits per heavy atom. The fourth-order valence-electron chi connectivity index (χ4n) is 1.58. The largest absolute Gasteiger partial charge is 0.451 e. The van der Waals surface area contributed by atoms with Gasteiger partial charge in [-0.05, 0) is 13.8 Å². The molecule has 0 amide bonds. The van der Waals surface area contributed by atoms with Crippen LogP contribution in [0.25, 0.3) is 11.4 Å². The highest BCUT2D eigenvalue weighted by atomic mass is 16.3. The Kier molecular flexibility index (Phi) is 4.63. The summed E-state index contributed by atoms with van der Waals surface area (Å²) in [4.78, 5) is 4.06. The number of rotatable bonds is 2. The van der Waals surface area contributed by atoms with Gasteiger partial charge in [0.15, 0.2) is 6.39 Å². The molecule has 0 radical (unpaired) electrons. The molecule has 0 aliphatic heterocycles. The van der Waals surface area contributed by atoms with Crippen molar-refractivity contribution in [2.75, 3.05) is 12.4 Å². The number of anilines is 1. The number of aromatic nitrogens is 3. The second-order valence-corrected chi connectivity index (χ2v) is 3.26. The monoisotopic (exact) mass is 234 g/mol. The molecule has 2 heterocycles. The van der Waals surface area contributed by atoms with Gasteiger partial charge < -0.3 is 9.73 Å². The van der Waals surface area contributed by atoms with Crippen molar-refractivity contribution < 1.29 is 4.42 Å². The normalized spacial score (nSPS) is 9.47. The molecule has 0 aromatic carbocycles. The van der Waals surface area contributed by atoms with Crippen molar-refractivity contribution in [1.82, 2.24) is 15.2 Å². The molecule has 17 heavy (non-hydrogen) atoms. The molecular formula is C12H18N4O. The maximum Gasteiger partial charge on any atom is 0.181 e. The maximum absolute atomic E-state index is 4.93. The minimum Gasteiger partial charge on any atom is -0.451 e. The van der Waals surface area contributed by atoms with Crippen molar-refractivity contribution in [3.8, 4) is 11.4 Å². The molecule has 0 saturated heterocycles. The topological polar surface area (TPSA) is 63.8 Å². The first-order valence-corrected chi connectivity index (χ1v) is 5.64. The number of nitrogens with zero attached hydrogens (tertiary/aromatic N) is 3. The summed E-state index contributed by atoms with van der Waals surface area (Å²) in [6.45, 7) is 7.90. The maximum atomic E-state index is 4.93. The third-order valence-corrected chi connectivity index (χ3v) is 2.32. The lowest BCUT2D eigenvalue weighted by Crippen LogP contribution is -2.02. The Balaban J connectivity index is 0.000000686. The second kappa shape index (κ2) is 5.98. The van der Waals surface area contributed by atoms with Crippen molar-refractivity contribution >= 4 is 5.69 Å². The summed E-state index contributed by atoms with van der Waals surface area (Å²) in [5.41, 5.74) is 4.35. The lowest BCUT2D eigenvalue weighted by molar-refractivity contribution is 0.558. The van der Waals surface area contributed by atoms with Gasteiger partial charge in [-0.2, -0.15) is 5.10 Å². The van der Waals surface area contributed by atoms with E-state index < -0.39 is 0 Å². The fourth-order valence-corrected chi connectivity index (χ4v) is 1.58.